The lowest BCUT2D eigenvalue weighted by atomic mass is 9.99. The van der Waals surface area contributed by atoms with Crippen LogP contribution in [0.4, 0.5) is 23.7 Å². The predicted molar refractivity (Wildman–Crippen MR) is 119 cm³/mol. The van der Waals surface area contributed by atoms with Crippen LogP contribution in [0.2, 0.25) is 10.0 Å². The summed E-state index contributed by atoms with van der Waals surface area (Å²) in [7, 11) is 0. The minimum atomic E-state index is -5.22. The monoisotopic (exact) mass is 524 g/mol. The van der Waals surface area contributed by atoms with Crippen LogP contribution >= 0.6 is 23.2 Å². The summed E-state index contributed by atoms with van der Waals surface area (Å²) in [5.74, 6) is -2.38. The van der Waals surface area contributed by atoms with E-state index in [9.17, 15) is 22.8 Å². The Hall–Kier alpha value is -1.79. The molecule has 1 N–H and O–H groups in total. The summed E-state index contributed by atoms with van der Waals surface area (Å²) in [6, 6.07) is 2.09. The van der Waals surface area contributed by atoms with Gasteiger partial charge in [-0.25, -0.2) is 9.59 Å². The molecule has 0 saturated carbocycles. The Balaban J connectivity index is 1.73. The van der Waals surface area contributed by atoms with Crippen molar-refractivity contribution in [2.45, 2.75) is 31.3 Å². The fourth-order valence-corrected chi connectivity index (χ4v) is 4.80. The first kappa shape index (κ1) is 25.3. The number of anilines is 1. The number of nitrogens with zero attached hydrogens (tertiary/aromatic N) is 3. The molecular formula is C21H25Cl2F3N4O4. The van der Waals surface area contributed by atoms with Crippen molar-refractivity contribution in [1.29, 1.82) is 0 Å². The number of nitrogens with one attached hydrogen (secondary N) is 1. The van der Waals surface area contributed by atoms with Crippen LogP contribution in [0.25, 0.3) is 0 Å². The highest BCUT2D eigenvalue weighted by atomic mass is 35.5. The third kappa shape index (κ3) is 5.38. The van der Waals surface area contributed by atoms with E-state index in [4.69, 9.17) is 32.7 Å². The second kappa shape index (κ2) is 10.4. The number of esters is 1. The molecule has 3 aliphatic rings. The van der Waals surface area contributed by atoms with E-state index in [0.717, 1.165) is 0 Å². The van der Waals surface area contributed by atoms with Gasteiger partial charge in [-0.2, -0.15) is 13.2 Å². The number of hydrogen-bond donors (Lipinski definition) is 1. The van der Waals surface area contributed by atoms with E-state index >= 15 is 0 Å². The average Bonchev–Trinajstić information content (AvgIpc) is 2.81. The van der Waals surface area contributed by atoms with Crippen molar-refractivity contribution in [3.05, 3.63) is 27.7 Å². The van der Waals surface area contributed by atoms with Gasteiger partial charge in [0.25, 0.3) is 0 Å². The molecular weight excluding hydrogens is 500 g/mol. The molecule has 2 fully saturated rings. The van der Waals surface area contributed by atoms with Crippen molar-refractivity contribution < 1.29 is 32.2 Å². The Kier molecular flexibility index (Phi) is 7.78. The van der Waals surface area contributed by atoms with Crippen LogP contribution in [0.1, 0.15) is 24.6 Å². The maximum Gasteiger partial charge on any atom is 0.491 e. The molecule has 13 heteroatoms. The lowest BCUT2D eigenvalue weighted by Crippen LogP contribution is -2.57. The molecule has 34 heavy (non-hydrogen) atoms. The molecule has 0 aliphatic carbocycles. The molecule has 1 aromatic rings. The molecule has 2 amide bonds. The van der Waals surface area contributed by atoms with Crippen molar-refractivity contribution in [2.75, 3.05) is 57.4 Å². The van der Waals surface area contributed by atoms with Crippen molar-refractivity contribution in [2.24, 2.45) is 0 Å². The summed E-state index contributed by atoms with van der Waals surface area (Å²) < 4.78 is 49.6. The van der Waals surface area contributed by atoms with Crippen molar-refractivity contribution >= 4 is 40.9 Å². The molecule has 1 atom stereocenters. The number of urea groups is 1. The number of carbonyl (C=O) groups is 2. The highest BCUT2D eigenvalue weighted by molar-refractivity contribution is 6.42. The quantitative estimate of drug-likeness (QED) is 0.595. The molecule has 0 bridgehead atoms. The third-order valence-electron chi connectivity index (χ3n) is 6.21. The number of piperidine rings is 1. The van der Waals surface area contributed by atoms with Crippen LogP contribution in [0, 0.1) is 0 Å². The molecule has 3 heterocycles. The number of morpholine rings is 1. The summed E-state index contributed by atoms with van der Waals surface area (Å²) in [5, 5.41) is 3.46. The van der Waals surface area contributed by atoms with E-state index < -0.39 is 24.4 Å². The summed E-state index contributed by atoms with van der Waals surface area (Å²) >= 11 is 12.4. The standard InChI is InChI=1S/C21H25Cl2F3N4O4/c22-15-11-14-17(12-16(15)23)30(13-1-3-27-4-2-13)20(32)29(6-5-28-7-9-33-10-8-28)18(14)34-19(31)21(24,25)26/h11-13,18,27H,1-10H2. The molecule has 1 aromatic carbocycles. The fraction of sp³-hybridized carbons (Fsp3) is 0.619. The summed E-state index contributed by atoms with van der Waals surface area (Å²) in [6.07, 6.45) is -5.52. The first-order chi connectivity index (χ1) is 16.2. The maximum atomic E-state index is 13.7. The van der Waals surface area contributed by atoms with Crippen LogP contribution in [0.5, 0.6) is 0 Å². The first-order valence-electron chi connectivity index (χ1n) is 11.0. The normalized spacial score (nSPS) is 22.6. The lowest BCUT2D eigenvalue weighted by molar-refractivity contribution is -0.212. The smallest absolute Gasteiger partial charge is 0.430 e. The van der Waals surface area contributed by atoms with Crippen LogP contribution in [0.15, 0.2) is 12.1 Å². The number of amides is 2. The Morgan fingerprint density at radius 3 is 2.41 bits per heavy atom. The lowest BCUT2D eigenvalue weighted by Gasteiger charge is -2.46. The van der Waals surface area contributed by atoms with Crippen molar-refractivity contribution in [3.8, 4) is 0 Å². The topological polar surface area (TPSA) is 74.4 Å². The third-order valence-corrected chi connectivity index (χ3v) is 6.94. The highest BCUT2D eigenvalue weighted by Gasteiger charge is 2.48. The molecule has 4 rings (SSSR count). The number of benzene rings is 1. The molecule has 8 nitrogen and oxygen atoms in total. The zero-order valence-electron chi connectivity index (χ0n) is 18.2. The van der Waals surface area contributed by atoms with Gasteiger partial charge in [0.1, 0.15) is 0 Å². The Morgan fingerprint density at radius 1 is 1.12 bits per heavy atom. The molecule has 0 spiro atoms. The van der Waals surface area contributed by atoms with Gasteiger partial charge in [-0.3, -0.25) is 14.7 Å². The van der Waals surface area contributed by atoms with E-state index in [1.54, 1.807) is 4.90 Å². The fourth-order valence-electron chi connectivity index (χ4n) is 4.47. The first-order valence-corrected chi connectivity index (χ1v) is 11.8. The van der Waals surface area contributed by atoms with Crippen LogP contribution in [0.3, 0.4) is 0 Å². The Bertz CT molecular complexity index is 924. The molecule has 0 aromatic heterocycles. The maximum absolute atomic E-state index is 13.7. The van der Waals surface area contributed by atoms with Gasteiger partial charge >= 0.3 is 18.2 Å². The number of ether oxygens (including phenoxy) is 2. The average molecular weight is 525 g/mol. The SMILES string of the molecule is O=C1N(CCN2CCOCC2)C(OC(=O)C(F)(F)F)c2cc(Cl)c(Cl)cc2N1C1CCNCC1. The van der Waals surface area contributed by atoms with Crippen LogP contribution in [-0.4, -0.2) is 86.5 Å². The van der Waals surface area contributed by atoms with Crippen LogP contribution in [-0.2, 0) is 14.3 Å². The number of rotatable bonds is 5. The van der Waals surface area contributed by atoms with Gasteiger partial charge in [0, 0.05) is 37.8 Å². The van der Waals surface area contributed by atoms with Crippen LogP contribution < -0.4 is 10.2 Å². The number of fused-ring (bicyclic) bond motifs is 1. The van der Waals surface area contributed by atoms with E-state index in [0.29, 0.717) is 64.5 Å². The van der Waals surface area contributed by atoms with Gasteiger partial charge in [-0.15, -0.1) is 0 Å². The molecule has 1 unspecified atom stereocenters. The van der Waals surface area contributed by atoms with E-state index in [1.807, 2.05) is 4.90 Å². The molecule has 0 radical (unpaired) electrons. The van der Waals surface area contributed by atoms with Gasteiger partial charge in [-0.1, -0.05) is 23.2 Å². The molecule has 188 valence electrons. The highest BCUT2D eigenvalue weighted by Crippen LogP contribution is 2.44. The van der Waals surface area contributed by atoms with Crippen molar-refractivity contribution in [1.82, 2.24) is 15.1 Å². The Labute approximate surface area is 204 Å². The van der Waals surface area contributed by atoms with E-state index in [1.165, 1.54) is 17.0 Å². The van der Waals surface area contributed by atoms with Gasteiger partial charge in [0.15, 0.2) is 0 Å². The van der Waals surface area contributed by atoms with E-state index in [2.05, 4.69) is 5.32 Å². The second-order valence-electron chi connectivity index (χ2n) is 8.36. The minimum absolute atomic E-state index is 0.0514. The summed E-state index contributed by atoms with van der Waals surface area (Å²) in [6.45, 7) is 4.12. The zero-order chi connectivity index (χ0) is 24.5. The second-order valence-corrected chi connectivity index (χ2v) is 9.18. The van der Waals surface area contributed by atoms with Gasteiger partial charge in [-0.05, 0) is 38.1 Å². The number of halogens is 5. The number of alkyl halides is 3. The predicted octanol–water partition coefficient (Wildman–Crippen LogP) is 3.42. The van der Waals surface area contributed by atoms with Gasteiger partial charge < -0.3 is 14.8 Å². The minimum Gasteiger partial charge on any atom is -0.430 e. The van der Waals surface area contributed by atoms with Gasteiger partial charge in [0.2, 0.25) is 6.23 Å². The largest absolute Gasteiger partial charge is 0.491 e. The number of hydrogen-bond acceptors (Lipinski definition) is 6. The summed E-state index contributed by atoms with van der Waals surface area (Å²) in [4.78, 5) is 30.3. The van der Waals surface area contributed by atoms with Gasteiger partial charge in [0.05, 0.1) is 28.9 Å². The zero-order valence-corrected chi connectivity index (χ0v) is 19.8. The summed E-state index contributed by atoms with van der Waals surface area (Å²) in [5.41, 5.74) is 0.487. The number of carbonyl (C=O) groups excluding carboxylic acids is 2. The Morgan fingerprint density at radius 2 is 1.76 bits per heavy atom. The van der Waals surface area contributed by atoms with Crippen molar-refractivity contribution in [3.63, 3.8) is 0 Å². The molecule has 3 aliphatic heterocycles. The van der Waals surface area contributed by atoms with E-state index in [-0.39, 0.29) is 28.2 Å². The molecule has 2 saturated heterocycles.